The summed E-state index contributed by atoms with van der Waals surface area (Å²) in [5, 5.41) is 0. The lowest BCUT2D eigenvalue weighted by atomic mass is 10.1. The third kappa shape index (κ3) is 3.01. The van der Waals surface area contributed by atoms with Crippen LogP contribution >= 0.6 is 0 Å². The fourth-order valence-electron chi connectivity index (χ4n) is 2.92. The largest absolute Gasteiger partial charge is 0.489 e. The number of hydrogen-bond donors (Lipinski definition) is 0. The number of ether oxygens (including phenoxy) is 1. The van der Waals surface area contributed by atoms with E-state index in [0.717, 1.165) is 5.56 Å². The number of aromatic nitrogens is 1. The summed E-state index contributed by atoms with van der Waals surface area (Å²) in [6.07, 6.45) is 3.10. The quantitative estimate of drug-likeness (QED) is 0.698. The number of carbonyl (C=O) groups is 1. The molecular formula is C20H14F2N2O2. The predicted molar refractivity (Wildman–Crippen MR) is 93.2 cm³/mol. The first-order chi connectivity index (χ1) is 12.6. The molecule has 0 saturated heterocycles. The molecule has 2 aromatic carbocycles. The van der Waals surface area contributed by atoms with Crippen molar-refractivity contribution in [3.63, 3.8) is 0 Å². The van der Waals surface area contributed by atoms with E-state index in [0.29, 0.717) is 29.1 Å². The van der Waals surface area contributed by atoms with E-state index in [9.17, 15) is 13.6 Å². The van der Waals surface area contributed by atoms with Crippen molar-refractivity contribution in [2.24, 2.45) is 0 Å². The van der Waals surface area contributed by atoms with Gasteiger partial charge in [-0.25, -0.2) is 8.78 Å². The molecule has 2 heterocycles. The summed E-state index contributed by atoms with van der Waals surface area (Å²) >= 11 is 0. The molecular weight excluding hydrogens is 338 g/mol. The van der Waals surface area contributed by atoms with Crippen LogP contribution in [-0.2, 0) is 0 Å². The van der Waals surface area contributed by atoms with Crippen LogP contribution in [0, 0.1) is 11.6 Å². The molecule has 1 aliphatic heterocycles. The van der Waals surface area contributed by atoms with E-state index in [-0.39, 0.29) is 18.3 Å². The highest BCUT2D eigenvalue weighted by Crippen LogP contribution is 2.33. The van der Waals surface area contributed by atoms with Crippen LogP contribution in [-0.4, -0.2) is 24.0 Å². The highest BCUT2D eigenvalue weighted by Gasteiger charge is 2.25. The molecule has 0 aliphatic carbocycles. The van der Waals surface area contributed by atoms with Crippen molar-refractivity contribution in [3.8, 4) is 16.9 Å². The molecule has 0 fully saturated rings. The smallest absolute Gasteiger partial charge is 0.260 e. The number of anilines is 1. The molecule has 1 aromatic heterocycles. The number of benzene rings is 2. The molecule has 130 valence electrons. The lowest BCUT2D eigenvalue weighted by molar-refractivity contribution is 0.0976. The third-order valence-corrected chi connectivity index (χ3v) is 4.19. The van der Waals surface area contributed by atoms with E-state index in [1.807, 2.05) is 0 Å². The van der Waals surface area contributed by atoms with Crippen LogP contribution in [0.4, 0.5) is 14.5 Å². The number of pyridine rings is 1. The lowest BCUT2D eigenvalue weighted by Gasteiger charge is -2.29. The second kappa shape index (κ2) is 6.55. The van der Waals surface area contributed by atoms with Gasteiger partial charge < -0.3 is 9.64 Å². The second-order valence-electron chi connectivity index (χ2n) is 5.89. The average Bonchev–Trinajstić information content (AvgIpc) is 2.67. The van der Waals surface area contributed by atoms with Gasteiger partial charge in [0.2, 0.25) is 0 Å². The van der Waals surface area contributed by atoms with Gasteiger partial charge in [-0.1, -0.05) is 12.1 Å². The van der Waals surface area contributed by atoms with E-state index in [1.54, 1.807) is 29.3 Å². The Kier molecular flexibility index (Phi) is 4.08. The van der Waals surface area contributed by atoms with Gasteiger partial charge in [0.15, 0.2) is 0 Å². The Hall–Kier alpha value is -3.28. The summed E-state index contributed by atoms with van der Waals surface area (Å²) in [5.74, 6) is -0.658. The van der Waals surface area contributed by atoms with Gasteiger partial charge in [0.25, 0.3) is 5.91 Å². The Morgan fingerprint density at radius 3 is 2.54 bits per heavy atom. The minimum Gasteiger partial charge on any atom is -0.489 e. The first-order valence-electron chi connectivity index (χ1n) is 8.07. The van der Waals surface area contributed by atoms with Gasteiger partial charge in [0.1, 0.15) is 24.0 Å². The van der Waals surface area contributed by atoms with Gasteiger partial charge in [-0.15, -0.1) is 0 Å². The Bertz CT molecular complexity index is 974. The van der Waals surface area contributed by atoms with Crippen LogP contribution in [0.15, 0.2) is 60.9 Å². The SMILES string of the molecule is O=C(c1cncc(-c2ccc(F)cc2)c1)N1CCOc2cc(F)ccc21. The molecule has 4 rings (SSSR count). The third-order valence-electron chi connectivity index (χ3n) is 4.19. The number of hydrogen-bond acceptors (Lipinski definition) is 3. The van der Waals surface area contributed by atoms with Crippen LogP contribution in [0.1, 0.15) is 10.4 Å². The second-order valence-corrected chi connectivity index (χ2v) is 5.89. The van der Waals surface area contributed by atoms with E-state index >= 15 is 0 Å². The molecule has 0 unspecified atom stereocenters. The fourth-order valence-corrected chi connectivity index (χ4v) is 2.92. The van der Waals surface area contributed by atoms with Crippen LogP contribution in [0.5, 0.6) is 5.75 Å². The van der Waals surface area contributed by atoms with Crippen molar-refractivity contribution in [2.45, 2.75) is 0 Å². The summed E-state index contributed by atoms with van der Waals surface area (Å²) < 4.78 is 31.9. The van der Waals surface area contributed by atoms with Gasteiger partial charge >= 0.3 is 0 Å². The highest BCUT2D eigenvalue weighted by atomic mass is 19.1. The van der Waals surface area contributed by atoms with Gasteiger partial charge in [0, 0.05) is 24.0 Å². The number of rotatable bonds is 2. The number of fused-ring (bicyclic) bond motifs is 1. The van der Waals surface area contributed by atoms with Crippen LogP contribution in [0.3, 0.4) is 0 Å². The maximum absolute atomic E-state index is 13.4. The molecule has 6 heteroatoms. The maximum Gasteiger partial charge on any atom is 0.260 e. The summed E-state index contributed by atoms with van der Waals surface area (Å²) in [4.78, 5) is 18.6. The normalized spacial score (nSPS) is 13.1. The molecule has 0 spiro atoms. The van der Waals surface area contributed by atoms with Crippen LogP contribution in [0.25, 0.3) is 11.1 Å². The topological polar surface area (TPSA) is 42.4 Å². The number of amides is 1. The number of carbonyl (C=O) groups excluding carboxylic acids is 1. The number of nitrogens with zero attached hydrogens (tertiary/aromatic N) is 2. The zero-order valence-electron chi connectivity index (χ0n) is 13.7. The summed E-state index contributed by atoms with van der Waals surface area (Å²) in [6, 6.07) is 11.8. The molecule has 1 amide bonds. The van der Waals surface area contributed by atoms with Crippen molar-refractivity contribution in [3.05, 3.63) is 78.1 Å². The molecule has 0 saturated carbocycles. The Labute approximate surface area is 148 Å². The summed E-state index contributed by atoms with van der Waals surface area (Å²) in [5.41, 5.74) is 2.39. The minimum atomic E-state index is -0.418. The molecule has 0 radical (unpaired) electrons. The van der Waals surface area contributed by atoms with E-state index < -0.39 is 5.82 Å². The standard InChI is InChI=1S/C20H14F2N2O2/c21-16-3-1-13(2-4-16)14-9-15(12-23-11-14)20(25)24-7-8-26-19-10-17(22)5-6-18(19)24/h1-6,9-12H,7-8H2. The first-order valence-corrected chi connectivity index (χ1v) is 8.07. The van der Waals surface area contributed by atoms with Crippen molar-refractivity contribution in [2.75, 3.05) is 18.1 Å². The average molecular weight is 352 g/mol. The van der Waals surface area contributed by atoms with Crippen molar-refractivity contribution < 1.29 is 18.3 Å². The van der Waals surface area contributed by atoms with Gasteiger partial charge in [-0.3, -0.25) is 9.78 Å². The lowest BCUT2D eigenvalue weighted by Crippen LogP contribution is -2.38. The zero-order chi connectivity index (χ0) is 18.1. The van der Waals surface area contributed by atoms with Crippen molar-refractivity contribution in [1.29, 1.82) is 0 Å². The molecule has 1 aliphatic rings. The zero-order valence-corrected chi connectivity index (χ0v) is 13.7. The van der Waals surface area contributed by atoms with E-state index in [1.165, 1.54) is 36.5 Å². The number of halogens is 2. The molecule has 0 bridgehead atoms. The first kappa shape index (κ1) is 16.2. The Morgan fingerprint density at radius 1 is 0.962 bits per heavy atom. The van der Waals surface area contributed by atoms with Gasteiger partial charge in [0.05, 0.1) is 17.8 Å². The Balaban J connectivity index is 1.68. The highest BCUT2D eigenvalue weighted by molar-refractivity contribution is 6.07. The predicted octanol–water partition coefficient (Wildman–Crippen LogP) is 4.07. The molecule has 4 nitrogen and oxygen atoms in total. The molecule has 0 N–H and O–H groups in total. The molecule has 26 heavy (non-hydrogen) atoms. The van der Waals surface area contributed by atoms with Crippen LogP contribution in [0.2, 0.25) is 0 Å². The minimum absolute atomic E-state index is 0.252. The van der Waals surface area contributed by atoms with Crippen molar-refractivity contribution in [1.82, 2.24) is 4.98 Å². The maximum atomic E-state index is 13.4. The van der Waals surface area contributed by atoms with Gasteiger partial charge in [-0.2, -0.15) is 0 Å². The van der Waals surface area contributed by atoms with Crippen LogP contribution < -0.4 is 9.64 Å². The van der Waals surface area contributed by atoms with E-state index in [4.69, 9.17) is 4.74 Å². The fraction of sp³-hybridized carbons (Fsp3) is 0.100. The Morgan fingerprint density at radius 2 is 1.73 bits per heavy atom. The molecule has 0 atom stereocenters. The van der Waals surface area contributed by atoms with Gasteiger partial charge in [-0.05, 0) is 35.9 Å². The van der Waals surface area contributed by atoms with Crippen molar-refractivity contribution >= 4 is 11.6 Å². The molecule has 3 aromatic rings. The monoisotopic (exact) mass is 352 g/mol. The summed E-state index contributed by atoms with van der Waals surface area (Å²) in [6.45, 7) is 0.644. The summed E-state index contributed by atoms with van der Waals surface area (Å²) in [7, 11) is 0. The van der Waals surface area contributed by atoms with E-state index in [2.05, 4.69) is 4.98 Å².